The van der Waals surface area contributed by atoms with Crippen LogP contribution in [0.3, 0.4) is 0 Å². The number of rotatable bonds is 1. The Labute approximate surface area is 72.3 Å². The first-order chi connectivity index (χ1) is 4.86. The summed E-state index contributed by atoms with van der Waals surface area (Å²) < 4.78 is 0. The van der Waals surface area contributed by atoms with Gasteiger partial charge in [0.05, 0.1) is 0 Å². The Kier molecular flexibility index (Phi) is 2.00. The molecule has 2 N–H and O–H groups in total. The SMILES string of the molecule is CP(C)(N)(Cl)c1ccccc1. The average molecular weight is 190 g/mol. The van der Waals surface area contributed by atoms with E-state index in [0.29, 0.717) is 0 Å². The van der Waals surface area contributed by atoms with Crippen LogP contribution in [0.4, 0.5) is 0 Å². The quantitative estimate of drug-likeness (QED) is 0.674. The summed E-state index contributed by atoms with van der Waals surface area (Å²) in [5.41, 5.74) is 6.00. The minimum absolute atomic E-state index is 1.06. The summed E-state index contributed by atoms with van der Waals surface area (Å²) in [6.07, 6.45) is -2.52. The van der Waals surface area contributed by atoms with Crippen LogP contribution in [0.2, 0.25) is 0 Å². The van der Waals surface area contributed by atoms with E-state index >= 15 is 0 Å². The standard InChI is InChI=1S/C8H13ClNP/c1-11(2,9,10)8-6-4-3-5-7-8/h3-7H,10H2,1-2H3. The molecular formula is C8H13ClNP. The van der Waals surface area contributed by atoms with Gasteiger partial charge in [0, 0.05) is 0 Å². The molecule has 0 saturated heterocycles. The molecule has 11 heavy (non-hydrogen) atoms. The van der Waals surface area contributed by atoms with Crippen molar-refractivity contribution in [2.75, 3.05) is 13.3 Å². The van der Waals surface area contributed by atoms with Crippen molar-refractivity contribution in [2.24, 2.45) is 5.50 Å². The fourth-order valence-corrected chi connectivity index (χ4v) is 2.26. The van der Waals surface area contributed by atoms with Gasteiger partial charge in [-0.2, -0.15) is 0 Å². The monoisotopic (exact) mass is 189 g/mol. The Morgan fingerprint density at radius 2 is 1.64 bits per heavy atom. The second kappa shape index (κ2) is 2.45. The molecule has 0 fully saturated rings. The van der Waals surface area contributed by atoms with Crippen molar-refractivity contribution in [1.82, 2.24) is 0 Å². The predicted molar refractivity (Wildman–Crippen MR) is 54.9 cm³/mol. The zero-order chi connectivity index (χ0) is 8.56. The van der Waals surface area contributed by atoms with Crippen molar-refractivity contribution < 1.29 is 0 Å². The maximum atomic E-state index is 6.22. The van der Waals surface area contributed by atoms with Gasteiger partial charge in [0.1, 0.15) is 0 Å². The number of nitrogens with two attached hydrogens (primary N) is 1. The van der Waals surface area contributed by atoms with Gasteiger partial charge in [-0.15, -0.1) is 0 Å². The molecule has 1 aromatic rings. The van der Waals surface area contributed by atoms with Crippen molar-refractivity contribution in [3.8, 4) is 0 Å². The summed E-state index contributed by atoms with van der Waals surface area (Å²) in [5.74, 6) is 0. The molecule has 62 valence electrons. The molecule has 0 unspecified atom stereocenters. The van der Waals surface area contributed by atoms with Gasteiger partial charge >= 0.3 is 71.8 Å². The Morgan fingerprint density at radius 1 is 1.18 bits per heavy atom. The Bertz CT molecular complexity index is 241. The Balaban J connectivity index is 3.14. The molecule has 0 atom stereocenters. The fraction of sp³-hybridized carbons (Fsp3) is 0.250. The molecule has 0 aliphatic heterocycles. The van der Waals surface area contributed by atoms with E-state index in [-0.39, 0.29) is 0 Å². The van der Waals surface area contributed by atoms with E-state index in [1.54, 1.807) is 0 Å². The first kappa shape index (κ1) is 8.99. The molecule has 0 saturated carbocycles. The molecule has 1 nitrogen and oxygen atoms in total. The number of halogens is 1. The van der Waals surface area contributed by atoms with Crippen LogP contribution in [0.1, 0.15) is 0 Å². The third-order valence-corrected chi connectivity index (χ3v) is 3.93. The van der Waals surface area contributed by atoms with E-state index in [2.05, 4.69) is 0 Å². The van der Waals surface area contributed by atoms with Gasteiger partial charge < -0.3 is 0 Å². The Hall–Kier alpha value is -0.100. The average Bonchev–Trinajstić information content (AvgIpc) is 1.86. The van der Waals surface area contributed by atoms with E-state index in [4.69, 9.17) is 16.7 Å². The molecule has 1 rings (SSSR count). The normalized spacial score (nSPS) is 15.5. The number of hydrogen-bond donors (Lipinski definition) is 1. The molecule has 0 heterocycles. The van der Waals surface area contributed by atoms with Crippen molar-refractivity contribution in [3.63, 3.8) is 0 Å². The first-order valence-electron chi connectivity index (χ1n) is 3.46. The van der Waals surface area contributed by atoms with Crippen molar-refractivity contribution in [1.29, 1.82) is 0 Å². The summed E-state index contributed by atoms with van der Waals surface area (Å²) >= 11 is 6.22. The van der Waals surface area contributed by atoms with Gasteiger partial charge in [-0.3, -0.25) is 0 Å². The first-order valence-corrected chi connectivity index (χ1v) is 7.56. The molecule has 0 amide bonds. The molecule has 1 aromatic carbocycles. The second-order valence-electron chi connectivity index (χ2n) is 3.40. The van der Waals surface area contributed by atoms with Gasteiger partial charge in [0.2, 0.25) is 0 Å². The number of hydrogen-bond acceptors (Lipinski definition) is 1. The van der Waals surface area contributed by atoms with Gasteiger partial charge in [-0.1, -0.05) is 0 Å². The molecule has 0 radical (unpaired) electrons. The summed E-state index contributed by atoms with van der Waals surface area (Å²) in [7, 11) is 0. The fourth-order valence-electron chi connectivity index (χ4n) is 0.869. The predicted octanol–water partition coefficient (Wildman–Crippen LogP) is 2.15. The van der Waals surface area contributed by atoms with Gasteiger partial charge in [-0.05, 0) is 0 Å². The van der Waals surface area contributed by atoms with Gasteiger partial charge in [-0.25, -0.2) is 0 Å². The second-order valence-corrected chi connectivity index (χ2v) is 11.2. The molecule has 3 heteroatoms. The van der Waals surface area contributed by atoms with E-state index in [0.717, 1.165) is 5.30 Å². The van der Waals surface area contributed by atoms with Crippen molar-refractivity contribution in [3.05, 3.63) is 30.3 Å². The van der Waals surface area contributed by atoms with Crippen LogP contribution in [-0.4, -0.2) is 13.3 Å². The zero-order valence-electron chi connectivity index (χ0n) is 6.79. The van der Waals surface area contributed by atoms with E-state index in [1.165, 1.54) is 0 Å². The minimum atomic E-state index is -2.52. The van der Waals surface area contributed by atoms with Crippen LogP contribution in [0.15, 0.2) is 30.3 Å². The molecule has 0 aromatic heterocycles. The van der Waals surface area contributed by atoms with Crippen LogP contribution in [0.5, 0.6) is 0 Å². The Morgan fingerprint density at radius 3 is 1.91 bits per heavy atom. The third-order valence-electron chi connectivity index (χ3n) is 1.52. The van der Waals surface area contributed by atoms with E-state index in [1.807, 2.05) is 43.7 Å². The van der Waals surface area contributed by atoms with Gasteiger partial charge in [0.25, 0.3) is 0 Å². The van der Waals surface area contributed by atoms with Crippen molar-refractivity contribution >= 4 is 22.7 Å². The van der Waals surface area contributed by atoms with Crippen LogP contribution in [-0.2, 0) is 0 Å². The summed E-state index contributed by atoms with van der Waals surface area (Å²) in [6, 6.07) is 9.83. The molecule has 0 aliphatic carbocycles. The van der Waals surface area contributed by atoms with Crippen LogP contribution in [0, 0.1) is 0 Å². The molecule has 0 spiro atoms. The van der Waals surface area contributed by atoms with Crippen LogP contribution >= 0.6 is 17.3 Å². The summed E-state index contributed by atoms with van der Waals surface area (Å²) in [4.78, 5) is 0. The zero-order valence-corrected chi connectivity index (χ0v) is 8.44. The summed E-state index contributed by atoms with van der Waals surface area (Å²) in [6.45, 7) is 3.84. The van der Waals surface area contributed by atoms with Crippen molar-refractivity contribution in [2.45, 2.75) is 0 Å². The molecule has 0 bridgehead atoms. The number of benzene rings is 1. The third kappa shape index (κ3) is 2.44. The maximum absolute atomic E-state index is 6.22. The van der Waals surface area contributed by atoms with Gasteiger partial charge in [0.15, 0.2) is 0 Å². The van der Waals surface area contributed by atoms with Crippen LogP contribution < -0.4 is 10.8 Å². The van der Waals surface area contributed by atoms with E-state index in [9.17, 15) is 0 Å². The topological polar surface area (TPSA) is 26.0 Å². The van der Waals surface area contributed by atoms with Crippen LogP contribution in [0.25, 0.3) is 0 Å². The molecule has 0 aliphatic rings. The van der Waals surface area contributed by atoms with E-state index < -0.39 is 6.11 Å². The molecular weight excluding hydrogens is 177 g/mol. The summed E-state index contributed by atoms with van der Waals surface area (Å²) in [5, 5.41) is 1.06.